The third kappa shape index (κ3) is 3.37. The molecule has 1 aliphatic heterocycles. The maximum absolute atomic E-state index is 3.31. The van der Waals surface area contributed by atoms with Crippen molar-refractivity contribution < 1.29 is 0 Å². The van der Waals surface area contributed by atoms with E-state index in [0.717, 1.165) is 17.4 Å². The molecule has 0 amide bonds. The Morgan fingerprint density at radius 2 is 2.06 bits per heavy atom. The average Bonchev–Trinajstić information content (AvgIpc) is 2.80. The second kappa shape index (κ2) is 6.08. The van der Waals surface area contributed by atoms with E-state index < -0.39 is 0 Å². The molecule has 0 N–H and O–H groups in total. The molecule has 1 fully saturated rings. The molecule has 0 unspecified atom stereocenters. The van der Waals surface area contributed by atoms with Crippen LogP contribution in [0.2, 0.25) is 0 Å². The smallest absolute Gasteiger partial charge is 0.0649 e. The minimum absolute atomic E-state index is 0.739. The normalized spacial score (nSPS) is 15.8. The highest BCUT2D eigenvalue weighted by Crippen LogP contribution is 2.13. The summed E-state index contributed by atoms with van der Waals surface area (Å²) >= 11 is 3.31. The quantitative estimate of drug-likeness (QED) is 0.593. The Hall–Kier alpha value is -0.780. The molecule has 1 aromatic carbocycles. The Morgan fingerprint density at radius 1 is 1.25 bits per heavy atom. The fourth-order valence-electron chi connectivity index (χ4n) is 2.08. The summed E-state index contributed by atoms with van der Waals surface area (Å²) in [4.78, 5) is 2.51. The van der Waals surface area contributed by atoms with E-state index in [9.17, 15) is 0 Å². The van der Waals surface area contributed by atoms with Crippen molar-refractivity contribution in [3.05, 3.63) is 35.4 Å². The number of halogens is 1. The summed E-state index contributed by atoms with van der Waals surface area (Å²) in [5, 5.41) is 0.739. The molecular formula is C14H16BrN. The molecule has 0 bridgehead atoms. The van der Waals surface area contributed by atoms with E-state index in [-0.39, 0.29) is 0 Å². The molecule has 0 radical (unpaired) electrons. The average molecular weight is 278 g/mol. The summed E-state index contributed by atoms with van der Waals surface area (Å²) < 4.78 is 0. The van der Waals surface area contributed by atoms with Crippen LogP contribution in [0, 0.1) is 11.8 Å². The lowest BCUT2D eigenvalue weighted by Crippen LogP contribution is -2.18. The van der Waals surface area contributed by atoms with Crippen molar-refractivity contribution in [3.8, 4) is 11.8 Å². The monoisotopic (exact) mass is 277 g/mol. The van der Waals surface area contributed by atoms with E-state index in [2.05, 4.69) is 56.9 Å². The van der Waals surface area contributed by atoms with Crippen LogP contribution in [-0.2, 0) is 6.54 Å². The summed E-state index contributed by atoms with van der Waals surface area (Å²) in [7, 11) is 0. The lowest BCUT2D eigenvalue weighted by Gasteiger charge is -2.14. The number of hydrogen-bond acceptors (Lipinski definition) is 1. The molecular weight excluding hydrogens is 262 g/mol. The first kappa shape index (κ1) is 11.7. The van der Waals surface area contributed by atoms with Gasteiger partial charge in [-0.3, -0.25) is 4.90 Å². The van der Waals surface area contributed by atoms with Crippen LogP contribution in [0.25, 0.3) is 0 Å². The predicted octanol–water partition coefficient (Wildman–Crippen LogP) is 3.03. The predicted molar refractivity (Wildman–Crippen MR) is 71.6 cm³/mol. The topological polar surface area (TPSA) is 3.24 Å². The molecule has 0 spiro atoms. The number of alkyl halides is 1. The van der Waals surface area contributed by atoms with E-state index in [1.54, 1.807) is 0 Å². The molecule has 0 aromatic heterocycles. The fourth-order valence-corrected chi connectivity index (χ4v) is 2.22. The molecule has 1 nitrogen and oxygen atoms in total. The van der Waals surface area contributed by atoms with E-state index in [4.69, 9.17) is 0 Å². The van der Waals surface area contributed by atoms with Crippen LogP contribution < -0.4 is 0 Å². The third-order valence-electron chi connectivity index (χ3n) is 2.83. The van der Waals surface area contributed by atoms with Gasteiger partial charge in [-0.05, 0) is 43.6 Å². The lowest BCUT2D eigenvalue weighted by atomic mass is 10.1. The number of likely N-dealkylation sites (tertiary alicyclic amines) is 1. The molecule has 1 saturated heterocycles. The summed E-state index contributed by atoms with van der Waals surface area (Å²) in [6, 6.07) is 8.57. The van der Waals surface area contributed by atoms with Crippen molar-refractivity contribution in [1.82, 2.24) is 4.90 Å². The zero-order valence-corrected chi connectivity index (χ0v) is 11.0. The molecule has 0 aliphatic carbocycles. The molecule has 1 heterocycles. The molecule has 2 rings (SSSR count). The zero-order valence-electron chi connectivity index (χ0n) is 9.38. The van der Waals surface area contributed by atoms with Crippen molar-refractivity contribution in [2.75, 3.05) is 18.4 Å². The Labute approximate surface area is 106 Å². The molecule has 16 heavy (non-hydrogen) atoms. The van der Waals surface area contributed by atoms with Crippen LogP contribution in [0.1, 0.15) is 24.0 Å². The van der Waals surface area contributed by atoms with Gasteiger partial charge in [0.25, 0.3) is 0 Å². The Balaban J connectivity index is 2.03. The molecule has 0 atom stereocenters. The summed E-state index contributed by atoms with van der Waals surface area (Å²) in [5.41, 5.74) is 2.50. The number of hydrogen-bond donors (Lipinski definition) is 0. The molecule has 84 valence electrons. The van der Waals surface area contributed by atoms with Crippen molar-refractivity contribution in [2.45, 2.75) is 19.4 Å². The van der Waals surface area contributed by atoms with Crippen LogP contribution in [0.5, 0.6) is 0 Å². The number of benzene rings is 1. The molecule has 0 saturated carbocycles. The van der Waals surface area contributed by atoms with Crippen LogP contribution in [0.4, 0.5) is 0 Å². The van der Waals surface area contributed by atoms with Gasteiger partial charge in [0.05, 0.1) is 5.33 Å². The number of nitrogens with zero attached hydrogens (tertiary/aromatic N) is 1. The SMILES string of the molecule is BrCC#Cc1cccc(CN2CCCC2)c1. The molecule has 1 aliphatic rings. The lowest BCUT2D eigenvalue weighted by molar-refractivity contribution is 0.331. The maximum atomic E-state index is 3.31. The van der Waals surface area contributed by atoms with Crippen molar-refractivity contribution in [1.29, 1.82) is 0 Å². The number of rotatable bonds is 2. The van der Waals surface area contributed by atoms with Crippen LogP contribution in [0.3, 0.4) is 0 Å². The first-order chi connectivity index (χ1) is 7.88. The summed E-state index contributed by atoms with van der Waals surface area (Å²) in [6.07, 6.45) is 2.70. The minimum atomic E-state index is 0.739. The van der Waals surface area contributed by atoms with Crippen LogP contribution in [-0.4, -0.2) is 23.3 Å². The van der Waals surface area contributed by atoms with E-state index in [0.29, 0.717) is 0 Å². The fraction of sp³-hybridized carbons (Fsp3) is 0.429. The van der Waals surface area contributed by atoms with Gasteiger partial charge in [-0.2, -0.15) is 0 Å². The molecule has 1 aromatic rings. The first-order valence-corrected chi connectivity index (χ1v) is 6.87. The molecule has 2 heteroatoms. The van der Waals surface area contributed by atoms with Gasteiger partial charge in [0.2, 0.25) is 0 Å². The van der Waals surface area contributed by atoms with E-state index >= 15 is 0 Å². The first-order valence-electron chi connectivity index (χ1n) is 5.74. The van der Waals surface area contributed by atoms with Gasteiger partial charge in [0.1, 0.15) is 0 Å². The largest absolute Gasteiger partial charge is 0.299 e. The summed E-state index contributed by atoms with van der Waals surface area (Å²) in [6.45, 7) is 3.57. The highest BCUT2D eigenvalue weighted by Gasteiger charge is 2.11. The highest BCUT2D eigenvalue weighted by atomic mass is 79.9. The Kier molecular flexibility index (Phi) is 4.44. The van der Waals surface area contributed by atoms with E-state index in [1.807, 2.05) is 0 Å². The standard InChI is InChI=1S/C14H16BrN/c15-8-4-7-13-5-3-6-14(11-13)12-16-9-1-2-10-16/h3,5-6,11H,1-2,8-10,12H2. The van der Waals surface area contributed by atoms with Gasteiger partial charge in [0.15, 0.2) is 0 Å². The van der Waals surface area contributed by atoms with Gasteiger partial charge in [-0.25, -0.2) is 0 Å². The van der Waals surface area contributed by atoms with Crippen molar-refractivity contribution in [2.24, 2.45) is 0 Å². The van der Waals surface area contributed by atoms with Gasteiger partial charge < -0.3 is 0 Å². The second-order valence-corrected chi connectivity index (χ2v) is 4.68. The maximum Gasteiger partial charge on any atom is 0.0649 e. The Morgan fingerprint density at radius 3 is 2.81 bits per heavy atom. The van der Waals surface area contributed by atoms with E-state index in [1.165, 1.54) is 31.5 Å². The third-order valence-corrected chi connectivity index (χ3v) is 3.11. The van der Waals surface area contributed by atoms with Crippen molar-refractivity contribution >= 4 is 15.9 Å². The highest BCUT2D eigenvalue weighted by molar-refractivity contribution is 9.09. The van der Waals surface area contributed by atoms with Gasteiger partial charge >= 0.3 is 0 Å². The zero-order chi connectivity index (χ0) is 11.2. The van der Waals surface area contributed by atoms with Crippen LogP contribution >= 0.6 is 15.9 Å². The van der Waals surface area contributed by atoms with Gasteiger partial charge in [0, 0.05) is 12.1 Å². The Bertz CT molecular complexity index is 397. The van der Waals surface area contributed by atoms with Crippen molar-refractivity contribution in [3.63, 3.8) is 0 Å². The minimum Gasteiger partial charge on any atom is -0.299 e. The second-order valence-electron chi connectivity index (χ2n) is 4.12. The summed E-state index contributed by atoms with van der Waals surface area (Å²) in [5.74, 6) is 6.18. The van der Waals surface area contributed by atoms with Gasteiger partial charge in [-0.15, -0.1) is 0 Å². The van der Waals surface area contributed by atoms with Gasteiger partial charge in [-0.1, -0.05) is 39.9 Å². The van der Waals surface area contributed by atoms with Crippen LogP contribution in [0.15, 0.2) is 24.3 Å².